The number of carbonyl (C=O) groups excluding carboxylic acids is 5. The molecular weight excluding hydrogens is 1210 g/mol. The molecule has 5 aromatic rings. The molecule has 10 rings (SSSR count). The highest BCUT2D eigenvalue weighted by molar-refractivity contribution is 7.85. The second kappa shape index (κ2) is 29.3. The van der Waals surface area contributed by atoms with Crippen LogP contribution in [0.15, 0.2) is 119 Å². The van der Waals surface area contributed by atoms with Gasteiger partial charge in [-0.25, -0.2) is 9.97 Å². The van der Waals surface area contributed by atoms with Gasteiger partial charge in [-0.2, -0.15) is 13.0 Å². The van der Waals surface area contributed by atoms with Gasteiger partial charge >= 0.3 is 0 Å². The molecule has 5 amide bonds. The van der Waals surface area contributed by atoms with Gasteiger partial charge in [0.1, 0.15) is 17.3 Å². The van der Waals surface area contributed by atoms with Crippen molar-refractivity contribution in [2.45, 2.75) is 101 Å². The van der Waals surface area contributed by atoms with E-state index in [1.807, 2.05) is 42.5 Å². The average Bonchev–Trinajstić information content (AvgIpc) is 1.56. The Bertz CT molecular complexity index is 3780. The Morgan fingerprint density at radius 1 is 0.688 bits per heavy atom. The number of fused-ring (bicyclic) bond motifs is 8. The summed E-state index contributed by atoms with van der Waals surface area (Å²) in [6.45, 7) is 12.9. The number of ether oxygens (including phenoxy) is 6. The zero-order valence-corrected chi connectivity index (χ0v) is 55.0. The number of rotatable bonds is 29. The summed E-state index contributed by atoms with van der Waals surface area (Å²) in [6, 6.07) is 27.3. The Morgan fingerprint density at radius 2 is 1.30 bits per heavy atom. The summed E-state index contributed by atoms with van der Waals surface area (Å²) >= 11 is 0. The van der Waals surface area contributed by atoms with Crippen molar-refractivity contribution >= 4 is 62.6 Å². The lowest BCUT2D eigenvalue weighted by atomic mass is 9.74. The van der Waals surface area contributed by atoms with E-state index in [1.54, 1.807) is 51.6 Å². The Morgan fingerprint density at radius 3 is 1.92 bits per heavy atom. The predicted octanol–water partition coefficient (Wildman–Crippen LogP) is 6.94. The van der Waals surface area contributed by atoms with E-state index in [1.165, 1.54) is 28.6 Å². The second-order valence-corrected chi connectivity index (χ2v) is 26.3. The monoisotopic (exact) mass is 1290 g/mol. The molecular formula is C69H84N9O14S+. The quantitative estimate of drug-likeness (QED) is 0.0214. The molecule has 4 aromatic carbocycles. The molecule has 6 heterocycles. The first-order chi connectivity index (χ1) is 44.5. The summed E-state index contributed by atoms with van der Waals surface area (Å²) in [5.41, 5.74) is 10.5. The number of nitrogens with zero attached hydrogens (tertiary/aromatic N) is 6. The molecule has 23 nitrogen and oxygen atoms in total. The summed E-state index contributed by atoms with van der Waals surface area (Å²) in [5.74, 6) is 0.459. The smallest absolute Gasteiger partial charge is 0.294 e. The molecule has 5 aliphatic heterocycles. The molecule has 0 saturated carbocycles. The maximum atomic E-state index is 13.6. The van der Waals surface area contributed by atoms with Gasteiger partial charge in [-0.3, -0.25) is 28.5 Å². The molecule has 4 N–H and O–H groups in total. The third-order valence-corrected chi connectivity index (χ3v) is 18.5. The van der Waals surface area contributed by atoms with E-state index in [-0.39, 0.29) is 78.9 Å². The summed E-state index contributed by atoms with van der Waals surface area (Å²) in [5, 5.41) is 8.47. The van der Waals surface area contributed by atoms with Crippen LogP contribution in [0.1, 0.15) is 82.9 Å². The number of benzene rings is 4. The lowest BCUT2D eigenvalue weighted by molar-refractivity contribution is -0.445. The zero-order valence-electron chi connectivity index (χ0n) is 54.2. The summed E-state index contributed by atoms with van der Waals surface area (Å²) in [7, 11) is 1.94. The molecule has 93 heavy (non-hydrogen) atoms. The van der Waals surface area contributed by atoms with Gasteiger partial charge in [0.2, 0.25) is 35.2 Å². The van der Waals surface area contributed by atoms with Crippen LogP contribution in [0.3, 0.4) is 0 Å². The van der Waals surface area contributed by atoms with E-state index in [2.05, 4.69) is 76.3 Å². The fourth-order valence-corrected chi connectivity index (χ4v) is 13.4. The standard InChI is InChI=1S/C69H83N9O14S/c1-68(2)52-37-44(11-21-55(52)77-29-25-57-50(65(68)77)40-51-58(92-57)26-30-78-56-22-20-49(93(84,85)86)39-53(56)69(3,4)66(51)78)38-64(83)76(6)43-62(81)71-28-10-32-90-34-36-91-35-33-89-31-9-27-70-61(80)42-75(5)63(82)24-23-60(79)73-59-41-54(45-12-16-47(87-7)17-13-45)72-67(74-59)46-14-18-48(88-8)19-15-46/h11-22,37,39-41,57-58H,9-10,23-36,38,42-43H2,1-8H3,(H3-,70,71,72,73,74,79,80,81,84,85,86)/p+1. The fraction of sp³-hybridized carbons (Fsp3) is 0.449. The van der Waals surface area contributed by atoms with Crippen LogP contribution in [0.5, 0.6) is 11.5 Å². The van der Waals surface area contributed by atoms with Gasteiger partial charge in [-0.05, 0) is 117 Å². The molecule has 5 aliphatic rings. The van der Waals surface area contributed by atoms with Crippen LogP contribution in [0.2, 0.25) is 0 Å². The summed E-state index contributed by atoms with van der Waals surface area (Å²) in [6.07, 6.45) is 4.78. The van der Waals surface area contributed by atoms with Crippen LogP contribution in [-0.4, -0.2) is 192 Å². The number of carbonyl (C=O) groups is 5. The lowest BCUT2D eigenvalue weighted by Crippen LogP contribution is -2.47. The molecule has 0 spiro atoms. The minimum absolute atomic E-state index is 0.0795. The molecule has 2 unspecified atom stereocenters. The van der Waals surface area contributed by atoms with Crippen molar-refractivity contribution in [3.8, 4) is 34.1 Å². The van der Waals surface area contributed by atoms with Crippen molar-refractivity contribution in [3.63, 3.8) is 0 Å². The molecule has 24 heteroatoms. The van der Waals surface area contributed by atoms with E-state index in [9.17, 15) is 36.9 Å². The maximum Gasteiger partial charge on any atom is 0.294 e. The van der Waals surface area contributed by atoms with Crippen LogP contribution in [0.25, 0.3) is 22.6 Å². The Hall–Kier alpha value is -8.39. The number of anilines is 2. The van der Waals surface area contributed by atoms with Crippen molar-refractivity contribution in [2.75, 3.05) is 117 Å². The summed E-state index contributed by atoms with van der Waals surface area (Å²) < 4.78 is 71.0. The van der Waals surface area contributed by atoms with Gasteiger partial charge in [0.05, 0.1) is 88.4 Å². The number of hydrogen-bond donors (Lipinski definition) is 4. The Kier molecular flexibility index (Phi) is 21.2. The minimum atomic E-state index is -4.38. The number of methoxy groups -OCH3 is 2. The highest BCUT2D eigenvalue weighted by Gasteiger charge is 2.55. The van der Waals surface area contributed by atoms with Crippen molar-refractivity contribution < 1.29 is 69.9 Å². The van der Waals surface area contributed by atoms with Gasteiger partial charge in [-0.1, -0.05) is 26.0 Å². The molecule has 0 saturated heterocycles. The molecule has 0 fully saturated rings. The van der Waals surface area contributed by atoms with Crippen LogP contribution in [0.4, 0.5) is 17.2 Å². The van der Waals surface area contributed by atoms with Crippen molar-refractivity contribution in [1.82, 2.24) is 30.4 Å². The molecule has 1 aromatic heterocycles. The van der Waals surface area contributed by atoms with Crippen LogP contribution < -0.4 is 30.3 Å². The first-order valence-corrected chi connectivity index (χ1v) is 33.0. The van der Waals surface area contributed by atoms with E-state index in [4.69, 9.17) is 33.4 Å². The van der Waals surface area contributed by atoms with Gasteiger partial charge < -0.3 is 59.1 Å². The molecule has 0 radical (unpaired) electrons. The van der Waals surface area contributed by atoms with Crippen molar-refractivity contribution in [1.29, 1.82) is 0 Å². The minimum Gasteiger partial charge on any atom is -0.497 e. The fourth-order valence-electron chi connectivity index (χ4n) is 12.9. The van der Waals surface area contributed by atoms with E-state index >= 15 is 0 Å². The third kappa shape index (κ3) is 15.7. The topological polar surface area (TPSA) is 270 Å². The second-order valence-electron chi connectivity index (χ2n) is 24.9. The van der Waals surface area contributed by atoms with E-state index in [0.717, 1.165) is 76.4 Å². The SMILES string of the molecule is COc1ccc(-c2cc(NC(=O)CCC(=O)N(C)CC(=O)NCCCOCCOCCOCCCNC(=O)CN(C)C(=O)Cc3ccc4c(c3)C(C)(C)C3=C5C=C6C7=[N+](CCC6OC5CCN34)c3ccc(S(=O)(=O)O)cc3C7(C)C)nc(-c3ccc(OC)cc3)n2)cc1. The number of allylic oxidation sites excluding steroid dienone is 1. The van der Waals surface area contributed by atoms with Gasteiger partial charge in [0.15, 0.2) is 18.1 Å². The van der Waals surface area contributed by atoms with Crippen molar-refractivity contribution in [2.24, 2.45) is 0 Å². The number of amides is 5. The predicted molar refractivity (Wildman–Crippen MR) is 349 cm³/mol. The van der Waals surface area contributed by atoms with Crippen LogP contribution >= 0.6 is 0 Å². The summed E-state index contributed by atoms with van der Waals surface area (Å²) in [4.78, 5) is 79.4. The Labute approximate surface area is 543 Å². The highest BCUT2D eigenvalue weighted by Crippen LogP contribution is 2.54. The number of nitrogens with one attached hydrogen (secondary N) is 3. The Balaban J connectivity index is 0.567. The largest absolute Gasteiger partial charge is 0.497 e. The number of aromatic nitrogens is 2. The first kappa shape index (κ1) is 67.5. The zero-order chi connectivity index (χ0) is 66.2. The highest BCUT2D eigenvalue weighted by atomic mass is 32.2. The van der Waals surface area contributed by atoms with Crippen LogP contribution in [0, 0.1) is 0 Å². The maximum absolute atomic E-state index is 13.6. The molecule has 2 atom stereocenters. The molecule has 0 bridgehead atoms. The third-order valence-electron chi connectivity index (χ3n) is 17.7. The first-order valence-electron chi connectivity index (χ1n) is 31.6. The normalized spacial score (nSPS) is 17.2. The van der Waals surface area contributed by atoms with E-state index in [0.29, 0.717) is 94.2 Å². The lowest BCUT2D eigenvalue weighted by Gasteiger charge is -2.42. The van der Waals surface area contributed by atoms with Gasteiger partial charge in [0.25, 0.3) is 10.1 Å². The van der Waals surface area contributed by atoms with Crippen molar-refractivity contribution in [3.05, 3.63) is 131 Å². The number of likely N-dealkylation sites (N-methyl/N-ethyl adjacent to an activating group) is 2. The molecule has 494 valence electrons. The van der Waals surface area contributed by atoms with E-state index < -0.39 is 26.9 Å². The average molecular weight is 1300 g/mol. The number of hydrogen-bond acceptors (Lipinski definition) is 16. The van der Waals surface area contributed by atoms with Crippen LogP contribution in [-0.2, 0) is 70.3 Å². The van der Waals surface area contributed by atoms with Gasteiger partial charge in [0, 0.05) is 123 Å². The van der Waals surface area contributed by atoms with Gasteiger partial charge in [-0.15, -0.1) is 0 Å². The molecule has 0 aliphatic carbocycles.